The van der Waals surface area contributed by atoms with Gasteiger partial charge in [-0.05, 0) is 37.0 Å². The van der Waals surface area contributed by atoms with E-state index in [4.69, 9.17) is 21.3 Å². The third-order valence-corrected chi connectivity index (χ3v) is 3.91. The van der Waals surface area contributed by atoms with Gasteiger partial charge in [-0.2, -0.15) is 5.26 Å². The van der Waals surface area contributed by atoms with E-state index >= 15 is 0 Å². The number of rotatable bonds is 3. The van der Waals surface area contributed by atoms with Gasteiger partial charge in [0.25, 0.3) is 0 Å². The van der Waals surface area contributed by atoms with Crippen LogP contribution in [0.15, 0.2) is 29.1 Å². The fourth-order valence-corrected chi connectivity index (χ4v) is 2.79. The monoisotopic (exact) mass is 287 g/mol. The highest BCUT2D eigenvalue weighted by Crippen LogP contribution is 2.32. The van der Waals surface area contributed by atoms with E-state index in [1.54, 1.807) is 18.6 Å². The number of pyridine rings is 1. The summed E-state index contributed by atoms with van der Waals surface area (Å²) in [5.41, 5.74) is 2.49. The minimum Gasteiger partial charge on any atom is -0.472 e. The molecule has 2 aromatic heterocycles. The van der Waals surface area contributed by atoms with Crippen molar-refractivity contribution < 1.29 is 4.42 Å². The van der Waals surface area contributed by atoms with Crippen molar-refractivity contribution in [2.24, 2.45) is 5.92 Å². The van der Waals surface area contributed by atoms with Crippen molar-refractivity contribution in [3.05, 3.63) is 46.5 Å². The third kappa shape index (κ3) is 2.37. The lowest BCUT2D eigenvalue weighted by Crippen LogP contribution is -2.48. The normalized spacial score (nSPS) is 14.9. The average Bonchev–Trinajstić information content (AvgIpc) is 2.89. The predicted molar refractivity (Wildman–Crippen MR) is 76.8 cm³/mol. The van der Waals surface area contributed by atoms with Crippen molar-refractivity contribution in [3.8, 4) is 6.07 Å². The molecule has 1 aliphatic heterocycles. The number of hydrogen-bond donors (Lipinski definition) is 0. The molecule has 0 amide bonds. The maximum atomic E-state index is 8.96. The minimum atomic E-state index is 0.536. The Morgan fingerprint density at radius 2 is 2.35 bits per heavy atom. The molecule has 0 radical (unpaired) electrons. The second-order valence-electron chi connectivity index (χ2n) is 5.15. The smallest absolute Gasteiger partial charge is 0.147 e. The van der Waals surface area contributed by atoms with Gasteiger partial charge in [0, 0.05) is 13.1 Å². The number of hydrogen-bond acceptors (Lipinski definition) is 4. The van der Waals surface area contributed by atoms with E-state index < -0.39 is 0 Å². The van der Waals surface area contributed by atoms with Gasteiger partial charge in [0.15, 0.2) is 0 Å². The Hall–Kier alpha value is -1.99. The van der Waals surface area contributed by atoms with Gasteiger partial charge in [-0.1, -0.05) is 11.6 Å². The molecule has 20 heavy (non-hydrogen) atoms. The van der Waals surface area contributed by atoms with Gasteiger partial charge < -0.3 is 9.32 Å². The summed E-state index contributed by atoms with van der Waals surface area (Å²) in [4.78, 5) is 6.60. The lowest BCUT2D eigenvalue weighted by atomic mass is 9.93. The van der Waals surface area contributed by atoms with Crippen LogP contribution in [-0.2, 0) is 6.42 Å². The van der Waals surface area contributed by atoms with Crippen molar-refractivity contribution in [3.63, 3.8) is 0 Å². The molecule has 3 heterocycles. The average molecular weight is 288 g/mol. The molecule has 0 aliphatic carbocycles. The van der Waals surface area contributed by atoms with Gasteiger partial charge >= 0.3 is 0 Å². The highest BCUT2D eigenvalue weighted by Gasteiger charge is 2.29. The predicted octanol–water partition coefficient (Wildman–Crippen LogP) is 3.19. The molecule has 0 aromatic carbocycles. The van der Waals surface area contributed by atoms with Crippen LogP contribution < -0.4 is 4.90 Å². The van der Waals surface area contributed by atoms with Gasteiger partial charge in [-0.3, -0.25) is 0 Å². The summed E-state index contributed by atoms with van der Waals surface area (Å²) in [6, 6.07) is 5.80. The van der Waals surface area contributed by atoms with E-state index in [1.165, 1.54) is 5.56 Å². The number of aromatic nitrogens is 1. The number of nitriles is 1. The first-order valence-corrected chi connectivity index (χ1v) is 6.88. The zero-order chi connectivity index (χ0) is 14.1. The molecule has 1 aliphatic rings. The van der Waals surface area contributed by atoms with E-state index in [9.17, 15) is 0 Å². The SMILES string of the molecule is Cc1nc(N2CC(Cc3ccoc3)C2)c(Cl)cc1C#N. The largest absolute Gasteiger partial charge is 0.472 e. The fraction of sp³-hybridized carbons (Fsp3) is 0.333. The zero-order valence-corrected chi connectivity index (χ0v) is 11.9. The van der Waals surface area contributed by atoms with Crippen LogP contribution in [0.2, 0.25) is 5.02 Å². The zero-order valence-electron chi connectivity index (χ0n) is 11.1. The third-order valence-electron chi connectivity index (χ3n) is 3.63. The molecule has 0 atom stereocenters. The van der Waals surface area contributed by atoms with Crippen LogP contribution in [0.4, 0.5) is 5.82 Å². The molecule has 0 unspecified atom stereocenters. The molecule has 5 heteroatoms. The molecule has 1 fully saturated rings. The lowest BCUT2D eigenvalue weighted by Gasteiger charge is -2.40. The summed E-state index contributed by atoms with van der Waals surface area (Å²) >= 11 is 6.21. The molecule has 0 N–H and O–H groups in total. The fourth-order valence-electron chi connectivity index (χ4n) is 2.52. The first-order chi connectivity index (χ1) is 9.67. The first kappa shape index (κ1) is 13.0. The van der Waals surface area contributed by atoms with Crippen LogP contribution >= 0.6 is 11.6 Å². The summed E-state index contributed by atoms with van der Waals surface area (Å²) in [6.45, 7) is 3.70. The number of furan rings is 1. The van der Waals surface area contributed by atoms with Crippen molar-refractivity contribution in [2.45, 2.75) is 13.3 Å². The van der Waals surface area contributed by atoms with E-state index in [0.717, 1.165) is 31.0 Å². The van der Waals surface area contributed by atoms with Crippen molar-refractivity contribution >= 4 is 17.4 Å². The Morgan fingerprint density at radius 1 is 1.55 bits per heavy atom. The van der Waals surface area contributed by atoms with Crippen LogP contribution in [0.5, 0.6) is 0 Å². The highest BCUT2D eigenvalue weighted by molar-refractivity contribution is 6.33. The minimum absolute atomic E-state index is 0.536. The molecule has 1 saturated heterocycles. The lowest BCUT2D eigenvalue weighted by molar-refractivity contribution is 0.403. The summed E-state index contributed by atoms with van der Waals surface area (Å²) in [6.07, 6.45) is 4.51. The van der Waals surface area contributed by atoms with Crippen molar-refractivity contribution in [1.82, 2.24) is 4.98 Å². The number of aryl methyl sites for hydroxylation is 1. The van der Waals surface area contributed by atoms with E-state index in [0.29, 0.717) is 16.5 Å². The van der Waals surface area contributed by atoms with Crippen LogP contribution in [0.3, 0.4) is 0 Å². The van der Waals surface area contributed by atoms with E-state index in [2.05, 4.69) is 16.0 Å². The van der Waals surface area contributed by atoms with Gasteiger partial charge in [0.2, 0.25) is 0 Å². The van der Waals surface area contributed by atoms with Gasteiger partial charge in [0.1, 0.15) is 11.9 Å². The van der Waals surface area contributed by atoms with Gasteiger partial charge in [0.05, 0.1) is 28.8 Å². The maximum Gasteiger partial charge on any atom is 0.147 e. The van der Waals surface area contributed by atoms with Crippen LogP contribution in [0.25, 0.3) is 0 Å². The second-order valence-corrected chi connectivity index (χ2v) is 5.55. The number of halogens is 1. The first-order valence-electron chi connectivity index (χ1n) is 6.50. The van der Waals surface area contributed by atoms with Gasteiger partial charge in [-0.15, -0.1) is 0 Å². The molecular weight excluding hydrogens is 274 g/mol. The standard InChI is InChI=1S/C15H14ClN3O/c1-10-13(6-17)5-14(16)15(18-10)19-7-12(8-19)4-11-2-3-20-9-11/h2-3,5,9,12H,4,7-8H2,1H3. The molecule has 0 spiro atoms. The molecule has 0 bridgehead atoms. The van der Waals surface area contributed by atoms with Gasteiger partial charge in [-0.25, -0.2) is 4.98 Å². The highest BCUT2D eigenvalue weighted by atomic mass is 35.5. The number of anilines is 1. The molecule has 0 saturated carbocycles. The Balaban J connectivity index is 1.68. The number of nitrogens with zero attached hydrogens (tertiary/aromatic N) is 3. The summed E-state index contributed by atoms with van der Waals surface area (Å²) in [5.74, 6) is 1.38. The topological polar surface area (TPSA) is 53.1 Å². The van der Waals surface area contributed by atoms with Crippen molar-refractivity contribution in [1.29, 1.82) is 5.26 Å². The van der Waals surface area contributed by atoms with Crippen LogP contribution in [-0.4, -0.2) is 18.1 Å². The molecule has 102 valence electrons. The maximum absolute atomic E-state index is 8.96. The summed E-state index contributed by atoms with van der Waals surface area (Å²) < 4.78 is 5.08. The Bertz CT molecular complexity index is 654. The Labute approximate surface area is 122 Å². The van der Waals surface area contributed by atoms with Crippen LogP contribution in [0.1, 0.15) is 16.8 Å². The Kier molecular flexibility index (Phi) is 3.37. The van der Waals surface area contributed by atoms with E-state index in [-0.39, 0.29) is 0 Å². The molecule has 4 nitrogen and oxygen atoms in total. The quantitative estimate of drug-likeness (QED) is 0.870. The summed E-state index contributed by atoms with van der Waals surface area (Å²) in [7, 11) is 0. The van der Waals surface area contributed by atoms with Crippen molar-refractivity contribution in [2.75, 3.05) is 18.0 Å². The summed E-state index contributed by atoms with van der Waals surface area (Å²) in [5, 5.41) is 9.51. The Morgan fingerprint density at radius 3 is 3.00 bits per heavy atom. The van der Waals surface area contributed by atoms with E-state index in [1.807, 2.05) is 13.0 Å². The van der Waals surface area contributed by atoms with Crippen LogP contribution in [0, 0.1) is 24.2 Å². The second kappa shape index (κ2) is 5.18. The molecule has 3 rings (SSSR count). The molecule has 2 aromatic rings. The molecular formula is C15H14ClN3O.